The van der Waals surface area contributed by atoms with Crippen LogP contribution in [0.4, 0.5) is 13.2 Å². The van der Waals surface area contributed by atoms with Gasteiger partial charge in [0, 0.05) is 12.4 Å². The van der Waals surface area contributed by atoms with E-state index < -0.39 is 23.1 Å². The molecule has 0 spiro atoms. The predicted molar refractivity (Wildman–Crippen MR) is 79.0 cm³/mol. The van der Waals surface area contributed by atoms with Gasteiger partial charge in [-0.05, 0) is 35.7 Å². The Labute approximate surface area is 131 Å². The highest BCUT2D eigenvalue weighted by Crippen LogP contribution is 2.38. The van der Waals surface area contributed by atoms with Gasteiger partial charge in [-0.3, -0.25) is 9.78 Å². The highest BCUT2D eigenvalue weighted by molar-refractivity contribution is 5.86. The molecule has 1 N–H and O–H groups in total. The van der Waals surface area contributed by atoms with Crippen LogP contribution in [0.1, 0.15) is 36.5 Å². The van der Waals surface area contributed by atoms with Crippen molar-refractivity contribution in [2.45, 2.75) is 31.4 Å². The number of alkyl halides is 3. The highest BCUT2D eigenvalue weighted by atomic mass is 19.4. The van der Waals surface area contributed by atoms with Crippen LogP contribution < -0.4 is 0 Å². The molecule has 2 rings (SSSR count). The highest BCUT2D eigenvalue weighted by Gasteiger charge is 2.42. The molecule has 3 nitrogen and oxygen atoms in total. The molecule has 122 valence electrons. The van der Waals surface area contributed by atoms with E-state index in [0.717, 1.165) is 12.1 Å². The van der Waals surface area contributed by atoms with Crippen LogP contribution in [-0.4, -0.2) is 16.1 Å². The number of aromatic nitrogens is 1. The molecule has 0 aliphatic rings. The van der Waals surface area contributed by atoms with E-state index in [4.69, 9.17) is 0 Å². The van der Waals surface area contributed by atoms with Gasteiger partial charge in [0.2, 0.25) is 0 Å². The Hall–Kier alpha value is -2.37. The third kappa shape index (κ3) is 3.21. The number of nitrogens with zero attached hydrogens (tertiary/aromatic N) is 1. The van der Waals surface area contributed by atoms with E-state index in [1.165, 1.54) is 24.5 Å². The average molecular weight is 323 g/mol. The lowest BCUT2D eigenvalue weighted by Crippen LogP contribution is -2.37. The molecule has 0 saturated carbocycles. The van der Waals surface area contributed by atoms with Gasteiger partial charge in [-0.1, -0.05) is 31.5 Å². The first-order chi connectivity index (χ1) is 10.8. The number of carbonyl (C=O) groups is 1. The molecule has 1 aromatic carbocycles. The maximum atomic E-state index is 12.7. The first-order valence-electron chi connectivity index (χ1n) is 7.14. The van der Waals surface area contributed by atoms with Crippen LogP contribution in [0.2, 0.25) is 0 Å². The molecule has 1 atom stereocenters. The molecule has 23 heavy (non-hydrogen) atoms. The standard InChI is InChI=1S/C17H16F3NO2/c1-2-9-16(15(22)23,14-4-3-10-21-11-14)12-5-7-13(8-6-12)17(18,19)20/h3-8,10-11H,2,9H2,1H3,(H,22,23). The topological polar surface area (TPSA) is 50.2 Å². The minimum atomic E-state index is -4.45. The molecule has 0 saturated heterocycles. The zero-order chi connectivity index (χ0) is 17.1. The van der Waals surface area contributed by atoms with E-state index in [-0.39, 0.29) is 6.42 Å². The fraction of sp³-hybridized carbons (Fsp3) is 0.294. The number of carboxylic acids is 1. The number of benzene rings is 1. The molecule has 0 aliphatic carbocycles. The van der Waals surface area contributed by atoms with Crippen LogP contribution in [0.5, 0.6) is 0 Å². The molecular formula is C17H16F3NO2. The Morgan fingerprint density at radius 1 is 1.09 bits per heavy atom. The van der Waals surface area contributed by atoms with Crippen molar-refractivity contribution in [3.63, 3.8) is 0 Å². The summed E-state index contributed by atoms with van der Waals surface area (Å²) in [5, 5.41) is 9.84. The lowest BCUT2D eigenvalue weighted by atomic mass is 9.72. The van der Waals surface area contributed by atoms with E-state index in [1.807, 2.05) is 6.92 Å². The Kier molecular flexibility index (Phi) is 4.73. The van der Waals surface area contributed by atoms with Crippen molar-refractivity contribution in [2.24, 2.45) is 0 Å². The monoisotopic (exact) mass is 323 g/mol. The van der Waals surface area contributed by atoms with Gasteiger partial charge in [-0.15, -0.1) is 0 Å². The molecule has 0 fully saturated rings. The second-order valence-corrected chi connectivity index (χ2v) is 5.28. The lowest BCUT2D eigenvalue weighted by molar-refractivity contribution is -0.142. The summed E-state index contributed by atoms with van der Waals surface area (Å²) in [6.45, 7) is 1.83. The zero-order valence-corrected chi connectivity index (χ0v) is 12.5. The van der Waals surface area contributed by atoms with Crippen LogP contribution >= 0.6 is 0 Å². The molecule has 2 aromatic rings. The second-order valence-electron chi connectivity index (χ2n) is 5.28. The smallest absolute Gasteiger partial charge is 0.416 e. The van der Waals surface area contributed by atoms with Gasteiger partial charge in [0.1, 0.15) is 5.41 Å². The Bertz CT molecular complexity index is 668. The minimum absolute atomic E-state index is 0.263. The Morgan fingerprint density at radius 3 is 2.13 bits per heavy atom. The van der Waals surface area contributed by atoms with Gasteiger partial charge in [0.25, 0.3) is 0 Å². The molecule has 1 unspecified atom stereocenters. The summed E-state index contributed by atoms with van der Waals surface area (Å²) in [7, 11) is 0. The lowest BCUT2D eigenvalue weighted by Gasteiger charge is -2.30. The number of aliphatic carboxylic acids is 1. The second kappa shape index (κ2) is 6.40. The summed E-state index contributed by atoms with van der Waals surface area (Å²) in [5.41, 5.74) is -1.45. The number of hydrogen-bond acceptors (Lipinski definition) is 2. The van der Waals surface area contributed by atoms with E-state index in [2.05, 4.69) is 4.98 Å². The molecule has 0 amide bonds. The molecule has 6 heteroatoms. The third-order valence-corrected chi connectivity index (χ3v) is 3.85. The molecule has 1 heterocycles. The van der Waals surface area contributed by atoms with Crippen LogP contribution in [0, 0.1) is 0 Å². The van der Waals surface area contributed by atoms with Gasteiger partial charge in [-0.2, -0.15) is 13.2 Å². The molecule has 0 radical (unpaired) electrons. The number of pyridine rings is 1. The van der Waals surface area contributed by atoms with Crippen molar-refractivity contribution in [3.05, 3.63) is 65.5 Å². The van der Waals surface area contributed by atoms with Crippen LogP contribution in [0.3, 0.4) is 0 Å². The zero-order valence-electron chi connectivity index (χ0n) is 12.5. The molecule has 0 aliphatic heterocycles. The van der Waals surface area contributed by atoms with E-state index in [9.17, 15) is 23.1 Å². The van der Waals surface area contributed by atoms with Gasteiger partial charge in [-0.25, -0.2) is 0 Å². The fourth-order valence-corrected chi connectivity index (χ4v) is 2.74. The summed E-state index contributed by atoms with van der Waals surface area (Å²) in [6.07, 6.45) is -0.665. The third-order valence-electron chi connectivity index (χ3n) is 3.85. The molecule has 1 aromatic heterocycles. The average Bonchev–Trinajstić information content (AvgIpc) is 2.52. The first kappa shape index (κ1) is 17.0. The van der Waals surface area contributed by atoms with Crippen molar-refractivity contribution >= 4 is 5.97 Å². The van der Waals surface area contributed by atoms with Crippen molar-refractivity contribution in [2.75, 3.05) is 0 Å². The van der Waals surface area contributed by atoms with E-state index >= 15 is 0 Å². The summed E-state index contributed by atoms with van der Waals surface area (Å²) in [6, 6.07) is 7.55. The van der Waals surface area contributed by atoms with Gasteiger partial charge in [0.15, 0.2) is 0 Å². The van der Waals surface area contributed by atoms with Crippen LogP contribution in [-0.2, 0) is 16.4 Å². The summed E-state index contributed by atoms with van der Waals surface area (Å²) in [5.74, 6) is -1.10. The Morgan fingerprint density at radius 2 is 1.70 bits per heavy atom. The molecular weight excluding hydrogens is 307 g/mol. The normalized spacial score (nSPS) is 14.3. The van der Waals surface area contributed by atoms with Crippen molar-refractivity contribution in [1.82, 2.24) is 4.98 Å². The number of hydrogen-bond donors (Lipinski definition) is 1. The largest absolute Gasteiger partial charge is 0.480 e. The van der Waals surface area contributed by atoms with E-state index in [1.54, 1.807) is 12.1 Å². The summed E-state index contributed by atoms with van der Waals surface area (Å²) >= 11 is 0. The van der Waals surface area contributed by atoms with Crippen molar-refractivity contribution < 1.29 is 23.1 Å². The maximum absolute atomic E-state index is 12.7. The summed E-state index contributed by atoms with van der Waals surface area (Å²) < 4.78 is 38.2. The number of rotatable bonds is 5. The predicted octanol–water partition coefficient (Wildman–Crippen LogP) is 4.27. The fourth-order valence-electron chi connectivity index (χ4n) is 2.74. The molecule has 0 bridgehead atoms. The van der Waals surface area contributed by atoms with Gasteiger partial charge < -0.3 is 5.11 Å². The summed E-state index contributed by atoms with van der Waals surface area (Å²) in [4.78, 5) is 16.0. The van der Waals surface area contributed by atoms with Crippen LogP contribution in [0.15, 0.2) is 48.8 Å². The van der Waals surface area contributed by atoms with Gasteiger partial charge >= 0.3 is 12.1 Å². The van der Waals surface area contributed by atoms with Crippen LogP contribution in [0.25, 0.3) is 0 Å². The first-order valence-corrected chi connectivity index (χ1v) is 7.14. The van der Waals surface area contributed by atoms with Crippen molar-refractivity contribution in [1.29, 1.82) is 0 Å². The maximum Gasteiger partial charge on any atom is 0.416 e. The quantitative estimate of drug-likeness (QED) is 0.894. The van der Waals surface area contributed by atoms with Crippen molar-refractivity contribution in [3.8, 4) is 0 Å². The number of halogens is 3. The van der Waals surface area contributed by atoms with Gasteiger partial charge in [0.05, 0.1) is 5.56 Å². The SMILES string of the molecule is CCCC(C(=O)O)(c1ccc(C(F)(F)F)cc1)c1cccnc1. The minimum Gasteiger partial charge on any atom is -0.480 e. The van der Waals surface area contributed by atoms with E-state index in [0.29, 0.717) is 17.5 Å². The number of carboxylic acid groups (broad SMARTS) is 1. The Balaban J connectivity index is 2.60.